The molecular weight excluding hydrogens is 258 g/mol. The van der Waals surface area contributed by atoms with Crippen LogP contribution in [0, 0.1) is 12.8 Å². The normalized spacial score (nSPS) is 12.6. The van der Waals surface area contributed by atoms with Crippen LogP contribution in [0.3, 0.4) is 0 Å². The highest BCUT2D eigenvalue weighted by atomic mass is 35.5. The lowest BCUT2D eigenvalue weighted by Crippen LogP contribution is -2.20. The van der Waals surface area contributed by atoms with Crippen molar-refractivity contribution in [1.29, 1.82) is 0 Å². The van der Waals surface area contributed by atoms with E-state index in [1.54, 1.807) is 0 Å². The first-order valence-electron chi connectivity index (χ1n) is 6.52. The Balaban J connectivity index is 2.04. The Morgan fingerprint density at radius 3 is 2.47 bits per heavy atom. The van der Waals surface area contributed by atoms with Crippen molar-refractivity contribution in [3.05, 3.63) is 52.3 Å². The summed E-state index contributed by atoms with van der Waals surface area (Å²) in [5.41, 5.74) is 9.47. The fourth-order valence-corrected chi connectivity index (χ4v) is 2.47. The molecule has 0 aliphatic carbocycles. The maximum absolute atomic E-state index is 5.90. The molecule has 0 aliphatic heterocycles. The average molecular weight is 278 g/mol. The largest absolute Gasteiger partial charge is 0.330 e. The summed E-state index contributed by atoms with van der Waals surface area (Å²) < 4.78 is 1.94. The predicted octanol–water partition coefficient (Wildman–Crippen LogP) is 2.74. The molecule has 2 N–H and O–H groups in total. The minimum Gasteiger partial charge on any atom is -0.330 e. The molecule has 0 radical (unpaired) electrons. The van der Waals surface area contributed by atoms with Crippen LogP contribution in [0.4, 0.5) is 0 Å². The van der Waals surface area contributed by atoms with Crippen molar-refractivity contribution in [2.75, 3.05) is 6.54 Å². The summed E-state index contributed by atoms with van der Waals surface area (Å²) in [6.07, 6.45) is 1.92. The summed E-state index contributed by atoms with van der Waals surface area (Å²) in [5.74, 6) is 0.427. The lowest BCUT2D eigenvalue weighted by Gasteiger charge is -2.15. The van der Waals surface area contributed by atoms with Crippen LogP contribution in [-0.2, 0) is 19.9 Å². The molecule has 0 aliphatic rings. The second kappa shape index (κ2) is 6.22. The molecule has 1 atom stereocenters. The van der Waals surface area contributed by atoms with Crippen molar-refractivity contribution >= 4 is 11.6 Å². The van der Waals surface area contributed by atoms with E-state index in [-0.39, 0.29) is 0 Å². The maximum atomic E-state index is 5.90. The van der Waals surface area contributed by atoms with Gasteiger partial charge in [-0.1, -0.05) is 23.7 Å². The molecule has 2 aromatic rings. The number of halogens is 1. The minimum atomic E-state index is 0.427. The molecule has 1 heterocycles. The monoisotopic (exact) mass is 277 g/mol. The minimum absolute atomic E-state index is 0.427. The fraction of sp³-hybridized carbons (Fsp3) is 0.400. The topological polar surface area (TPSA) is 43.8 Å². The highest BCUT2D eigenvalue weighted by Gasteiger charge is 2.12. The Labute approximate surface area is 119 Å². The molecule has 0 saturated carbocycles. The summed E-state index contributed by atoms with van der Waals surface area (Å²) in [6.45, 7) is 2.69. The Kier molecular flexibility index (Phi) is 4.61. The summed E-state index contributed by atoms with van der Waals surface area (Å²) in [4.78, 5) is 0. The van der Waals surface area contributed by atoms with Crippen LogP contribution in [-0.4, -0.2) is 16.3 Å². The van der Waals surface area contributed by atoms with E-state index in [1.165, 1.54) is 11.3 Å². The van der Waals surface area contributed by atoms with Gasteiger partial charge in [-0.05, 0) is 56.0 Å². The van der Waals surface area contributed by atoms with Gasteiger partial charge in [-0.15, -0.1) is 0 Å². The van der Waals surface area contributed by atoms with Crippen LogP contribution < -0.4 is 5.73 Å². The Bertz CT molecular complexity index is 531. The number of hydrogen-bond acceptors (Lipinski definition) is 2. The third kappa shape index (κ3) is 3.82. The first kappa shape index (κ1) is 14.1. The predicted molar refractivity (Wildman–Crippen MR) is 79.3 cm³/mol. The molecule has 0 bridgehead atoms. The van der Waals surface area contributed by atoms with Gasteiger partial charge in [-0.2, -0.15) is 5.10 Å². The molecule has 2 rings (SSSR count). The van der Waals surface area contributed by atoms with E-state index >= 15 is 0 Å². The molecule has 3 nitrogen and oxygen atoms in total. The van der Waals surface area contributed by atoms with Gasteiger partial charge in [-0.25, -0.2) is 0 Å². The lowest BCUT2D eigenvalue weighted by molar-refractivity contribution is 0.511. The van der Waals surface area contributed by atoms with Gasteiger partial charge in [0.05, 0.1) is 5.69 Å². The molecule has 0 saturated heterocycles. The van der Waals surface area contributed by atoms with Gasteiger partial charge in [0.2, 0.25) is 0 Å². The van der Waals surface area contributed by atoms with Crippen LogP contribution in [0.1, 0.15) is 17.0 Å². The Hall–Kier alpha value is -1.32. The van der Waals surface area contributed by atoms with Crippen molar-refractivity contribution in [2.24, 2.45) is 18.7 Å². The van der Waals surface area contributed by atoms with Crippen LogP contribution >= 0.6 is 11.6 Å². The van der Waals surface area contributed by atoms with Crippen molar-refractivity contribution in [3.63, 3.8) is 0 Å². The smallest absolute Gasteiger partial charge is 0.0596 e. The molecule has 4 heteroatoms. The summed E-state index contributed by atoms with van der Waals surface area (Å²) in [7, 11) is 1.98. The zero-order chi connectivity index (χ0) is 13.8. The Morgan fingerprint density at radius 1 is 1.26 bits per heavy atom. The van der Waals surface area contributed by atoms with E-state index in [4.69, 9.17) is 17.3 Å². The third-order valence-corrected chi connectivity index (χ3v) is 3.62. The first-order chi connectivity index (χ1) is 9.08. The van der Waals surface area contributed by atoms with E-state index in [0.717, 1.165) is 23.6 Å². The van der Waals surface area contributed by atoms with E-state index in [2.05, 4.69) is 23.3 Å². The van der Waals surface area contributed by atoms with Gasteiger partial charge >= 0.3 is 0 Å². The molecule has 102 valence electrons. The highest BCUT2D eigenvalue weighted by Crippen LogP contribution is 2.16. The lowest BCUT2D eigenvalue weighted by atomic mass is 9.95. The quantitative estimate of drug-likeness (QED) is 0.913. The van der Waals surface area contributed by atoms with Gasteiger partial charge in [0.15, 0.2) is 0 Å². The molecule has 1 aromatic heterocycles. The van der Waals surface area contributed by atoms with Crippen molar-refractivity contribution in [2.45, 2.75) is 19.8 Å². The summed E-state index contributed by atoms with van der Waals surface area (Å²) in [6, 6.07) is 10.1. The zero-order valence-electron chi connectivity index (χ0n) is 11.4. The van der Waals surface area contributed by atoms with Gasteiger partial charge in [0.25, 0.3) is 0 Å². The number of nitrogens with zero attached hydrogens (tertiary/aromatic N) is 2. The fourth-order valence-electron chi connectivity index (χ4n) is 2.34. The molecule has 19 heavy (non-hydrogen) atoms. The van der Waals surface area contributed by atoms with Crippen molar-refractivity contribution in [3.8, 4) is 0 Å². The molecule has 1 unspecified atom stereocenters. The number of aromatic nitrogens is 2. The van der Waals surface area contributed by atoms with E-state index < -0.39 is 0 Å². The molecular formula is C15H20ClN3. The van der Waals surface area contributed by atoms with Crippen LogP contribution in [0.2, 0.25) is 5.02 Å². The molecule has 0 fully saturated rings. The average Bonchev–Trinajstić information content (AvgIpc) is 2.69. The second-order valence-corrected chi connectivity index (χ2v) is 5.47. The van der Waals surface area contributed by atoms with Gasteiger partial charge in [-0.3, -0.25) is 4.68 Å². The van der Waals surface area contributed by atoms with E-state index in [1.807, 2.05) is 30.8 Å². The number of aryl methyl sites for hydroxylation is 2. The van der Waals surface area contributed by atoms with E-state index in [0.29, 0.717) is 12.5 Å². The van der Waals surface area contributed by atoms with Crippen molar-refractivity contribution in [1.82, 2.24) is 9.78 Å². The van der Waals surface area contributed by atoms with Crippen molar-refractivity contribution < 1.29 is 0 Å². The van der Waals surface area contributed by atoms with Crippen LogP contribution in [0.15, 0.2) is 30.3 Å². The second-order valence-electron chi connectivity index (χ2n) is 5.04. The third-order valence-electron chi connectivity index (χ3n) is 3.37. The zero-order valence-corrected chi connectivity index (χ0v) is 12.2. The van der Waals surface area contributed by atoms with Gasteiger partial charge < -0.3 is 5.73 Å². The molecule has 0 spiro atoms. The van der Waals surface area contributed by atoms with Crippen LogP contribution in [0.25, 0.3) is 0 Å². The Morgan fingerprint density at radius 2 is 1.95 bits per heavy atom. The summed E-state index contributed by atoms with van der Waals surface area (Å²) >= 11 is 5.90. The maximum Gasteiger partial charge on any atom is 0.0596 e. The molecule has 0 amide bonds. The number of hydrogen-bond donors (Lipinski definition) is 1. The number of nitrogens with two attached hydrogens (primary N) is 1. The van der Waals surface area contributed by atoms with E-state index in [9.17, 15) is 0 Å². The number of rotatable bonds is 5. The summed E-state index contributed by atoms with van der Waals surface area (Å²) in [5, 5.41) is 5.15. The standard InChI is InChI=1S/C15H20ClN3/c1-11-7-15(19(2)18-11)9-13(10-17)8-12-3-5-14(16)6-4-12/h3-7,13H,8-10,17H2,1-2H3. The van der Waals surface area contributed by atoms with Crippen LogP contribution in [0.5, 0.6) is 0 Å². The van der Waals surface area contributed by atoms with Gasteiger partial charge in [0.1, 0.15) is 0 Å². The van der Waals surface area contributed by atoms with Gasteiger partial charge in [0, 0.05) is 17.8 Å². The highest BCUT2D eigenvalue weighted by molar-refractivity contribution is 6.30. The molecule has 1 aromatic carbocycles. The SMILES string of the molecule is Cc1cc(CC(CN)Cc2ccc(Cl)cc2)n(C)n1. The number of benzene rings is 1. The first-order valence-corrected chi connectivity index (χ1v) is 6.90.